The van der Waals surface area contributed by atoms with Crippen molar-refractivity contribution in [3.05, 3.63) is 42.5 Å². The number of hydrogen-bond donors (Lipinski definition) is 2. The van der Waals surface area contributed by atoms with Crippen molar-refractivity contribution in [1.82, 2.24) is 19.8 Å². The molecule has 1 aliphatic heterocycles. The topological polar surface area (TPSA) is 77.0 Å². The molecule has 0 atom stereocenters. The number of benzene rings is 1. The van der Waals surface area contributed by atoms with E-state index in [0.717, 1.165) is 19.6 Å². The van der Waals surface area contributed by atoms with Crippen LogP contribution in [0.4, 0.5) is 0 Å². The molecule has 1 aromatic carbocycles. The van der Waals surface area contributed by atoms with Gasteiger partial charge in [-0.05, 0) is 25.6 Å². The van der Waals surface area contributed by atoms with Gasteiger partial charge < -0.3 is 15.5 Å². The second kappa shape index (κ2) is 11.6. The third-order valence-electron chi connectivity index (χ3n) is 4.22. The Balaban J connectivity index is 0.00000364. The Labute approximate surface area is 180 Å². The Morgan fingerprint density at radius 2 is 1.89 bits per heavy atom. The van der Waals surface area contributed by atoms with E-state index in [4.69, 9.17) is 0 Å². The average molecular weight is 507 g/mol. The molecule has 1 fully saturated rings. The van der Waals surface area contributed by atoms with Crippen LogP contribution in [-0.2, 0) is 16.6 Å². The second-order valence-electron chi connectivity index (χ2n) is 6.18. The lowest BCUT2D eigenvalue weighted by Crippen LogP contribution is -2.47. The van der Waals surface area contributed by atoms with E-state index in [1.807, 2.05) is 26.1 Å². The van der Waals surface area contributed by atoms with Gasteiger partial charge >= 0.3 is 0 Å². The van der Waals surface area contributed by atoms with Crippen LogP contribution in [0.1, 0.15) is 12.5 Å². The van der Waals surface area contributed by atoms with Gasteiger partial charge in [0.1, 0.15) is 0 Å². The zero-order valence-electron chi connectivity index (χ0n) is 16.0. The highest BCUT2D eigenvalue weighted by atomic mass is 127. The van der Waals surface area contributed by atoms with E-state index in [0.29, 0.717) is 36.1 Å². The number of guanidine groups is 1. The van der Waals surface area contributed by atoms with Crippen LogP contribution in [-0.4, -0.2) is 69.9 Å². The van der Waals surface area contributed by atoms with Gasteiger partial charge in [0, 0.05) is 39.3 Å². The molecule has 2 N–H and O–H groups in total. The molecule has 0 bridgehead atoms. The second-order valence-corrected chi connectivity index (χ2v) is 8.09. The largest absolute Gasteiger partial charge is 0.357 e. The SMILES string of the molecule is C=CCNC(=NCc1ccccc1S(=O)(=O)N1CCN(C)CC1)NCC.I. The van der Waals surface area contributed by atoms with Crippen LogP contribution in [0.5, 0.6) is 0 Å². The highest BCUT2D eigenvalue weighted by molar-refractivity contribution is 14.0. The van der Waals surface area contributed by atoms with E-state index in [1.54, 1.807) is 22.5 Å². The third kappa shape index (κ3) is 6.74. The molecule has 27 heavy (non-hydrogen) atoms. The molecule has 7 nitrogen and oxygen atoms in total. The number of sulfonamides is 1. The Morgan fingerprint density at radius 1 is 1.22 bits per heavy atom. The number of nitrogens with zero attached hydrogens (tertiary/aromatic N) is 3. The highest BCUT2D eigenvalue weighted by Gasteiger charge is 2.29. The summed E-state index contributed by atoms with van der Waals surface area (Å²) >= 11 is 0. The van der Waals surface area contributed by atoms with E-state index >= 15 is 0 Å². The number of rotatable bonds is 7. The first kappa shape index (κ1) is 23.9. The lowest BCUT2D eigenvalue weighted by Gasteiger charge is -2.32. The Morgan fingerprint density at radius 3 is 2.52 bits per heavy atom. The van der Waals surface area contributed by atoms with Gasteiger partial charge in [0.25, 0.3) is 0 Å². The summed E-state index contributed by atoms with van der Waals surface area (Å²) in [7, 11) is -1.51. The van der Waals surface area contributed by atoms with Crippen molar-refractivity contribution in [3.8, 4) is 0 Å². The summed E-state index contributed by atoms with van der Waals surface area (Å²) in [5.74, 6) is 0.638. The molecule has 0 amide bonds. The summed E-state index contributed by atoms with van der Waals surface area (Å²) in [5, 5.41) is 6.26. The van der Waals surface area contributed by atoms with E-state index in [1.165, 1.54) is 0 Å². The van der Waals surface area contributed by atoms with Crippen molar-refractivity contribution >= 4 is 40.0 Å². The van der Waals surface area contributed by atoms with Crippen molar-refractivity contribution in [2.24, 2.45) is 4.99 Å². The van der Waals surface area contributed by atoms with Crippen molar-refractivity contribution in [3.63, 3.8) is 0 Å². The Kier molecular flexibility index (Phi) is 10.3. The molecule has 1 aromatic rings. The van der Waals surface area contributed by atoms with Crippen molar-refractivity contribution in [1.29, 1.82) is 0 Å². The van der Waals surface area contributed by atoms with Crippen LogP contribution in [0, 0.1) is 0 Å². The van der Waals surface area contributed by atoms with Gasteiger partial charge in [0.2, 0.25) is 10.0 Å². The summed E-state index contributed by atoms with van der Waals surface area (Å²) in [6.07, 6.45) is 1.75. The normalized spacial score (nSPS) is 16.4. The minimum Gasteiger partial charge on any atom is -0.357 e. The number of aliphatic imine (C=N–C) groups is 1. The maximum Gasteiger partial charge on any atom is 0.243 e. The Bertz CT molecular complexity index is 731. The van der Waals surface area contributed by atoms with Crippen LogP contribution < -0.4 is 10.6 Å². The fourth-order valence-electron chi connectivity index (χ4n) is 2.73. The van der Waals surface area contributed by atoms with Crippen LogP contribution in [0.3, 0.4) is 0 Å². The lowest BCUT2D eigenvalue weighted by molar-refractivity contribution is 0.222. The van der Waals surface area contributed by atoms with Gasteiger partial charge in [-0.15, -0.1) is 30.6 Å². The van der Waals surface area contributed by atoms with Gasteiger partial charge in [-0.3, -0.25) is 0 Å². The number of halogens is 1. The number of piperazine rings is 1. The molecule has 152 valence electrons. The first-order chi connectivity index (χ1) is 12.5. The van der Waals surface area contributed by atoms with Crippen molar-refractivity contribution in [2.75, 3.05) is 46.3 Å². The molecule has 0 spiro atoms. The predicted molar refractivity (Wildman–Crippen MR) is 121 cm³/mol. The molecule has 0 aromatic heterocycles. The minimum absolute atomic E-state index is 0. The molecular formula is C18H30IN5O2S. The maximum atomic E-state index is 13.1. The average Bonchev–Trinajstić information content (AvgIpc) is 2.64. The molecule has 1 aliphatic rings. The summed E-state index contributed by atoms with van der Waals surface area (Å²) < 4.78 is 27.7. The molecule has 0 unspecified atom stereocenters. The standard InChI is InChI=1S/C18H29N5O2S.HI/c1-4-10-20-18(19-5-2)21-15-16-8-6-7-9-17(16)26(24,25)23-13-11-22(3)12-14-23;/h4,6-9H,1,5,10-15H2,2-3H3,(H2,19,20,21);1H. The first-order valence-corrected chi connectivity index (χ1v) is 10.3. The first-order valence-electron chi connectivity index (χ1n) is 8.88. The van der Waals surface area contributed by atoms with E-state index in [2.05, 4.69) is 27.1 Å². The van der Waals surface area contributed by atoms with E-state index in [-0.39, 0.29) is 30.5 Å². The summed E-state index contributed by atoms with van der Waals surface area (Å²) in [4.78, 5) is 6.98. The quantitative estimate of drug-likeness (QED) is 0.253. The number of likely N-dealkylation sites (N-methyl/N-ethyl adjacent to an activating group) is 1. The monoisotopic (exact) mass is 507 g/mol. The minimum atomic E-state index is -3.51. The predicted octanol–water partition coefficient (Wildman–Crippen LogP) is 1.48. The van der Waals surface area contributed by atoms with Gasteiger partial charge in [-0.1, -0.05) is 24.3 Å². The summed E-state index contributed by atoms with van der Waals surface area (Å²) in [5.41, 5.74) is 0.697. The molecule has 9 heteroatoms. The van der Waals surface area contributed by atoms with Gasteiger partial charge in [0.05, 0.1) is 11.4 Å². The van der Waals surface area contributed by atoms with Gasteiger partial charge in [0.15, 0.2) is 5.96 Å². The molecule has 0 radical (unpaired) electrons. The molecular weight excluding hydrogens is 477 g/mol. The molecule has 1 heterocycles. The van der Waals surface area contributed by atoms with Crippen molar-refractivity contribution in [2.45, 2.75) is 18.4 Å². The van der Waals surface area contributed by atoms with Crippen LogP contribution >= 0.6 is 24.0 Å². The molecule has 0 aliphatic carbocycles. The van der Waals surface area contributed by atoms with Crippen LogP contribution in [0.25, 0.3) is 0 Å². The summed E-state index contributed by atoms with van der Waals surface area (Å²) in [6.45, 7) is 9.79. The van der Waals surface area contributed by atoms with Gasteiger partial charge in [-0.2, -0.15) is 4.31 Å². The molecule has 0 saturated carbocycles. The maximum absolute atomic E-state index is 13.1. The van der Waals surface area contributed by atoms with Crippen LogP contribution in [0.15, 0.2) is 46.8 Å². The smallest absolute Gasteiger partial charge is 0.243 e. The van der Waals surface area contributed by atoms with E-state index in [9.17, 15) is 8.42 Å². The zero-order valence-corrected chi connectivity index (χ0v) is 19.2. The fourth-order valence-corrected chi connectivity index (χ4v) is 4.37. The molecule has 2 rings (SSSR count). The highest BCUT2D eigenvalue weighted by Crippen LogP contribution is 2.22. The zero-order chi connectivity index (χ0) is 19.0. The van der Waals surface area contributed by atoms with Crippen molar-refractivity contribution < 1.29 is 8.42 Å². The number of hydrogen-bond acceptors (Lipinski definition) is 4. The third-order valence-corrected chi connectivity index (χ3v) is 6.22. The number of nitrogens with one attached hydrogen (secondary N) is 2. The molecule has 1 saturated heterocycles. The van der Waals surface area contributed by atoms with Gasteiger partial charge in [-0.25, -0.2) is 13.4 Å². The Hall–Kier alpha value is -1.17. The van der Waals surface area contributed by atoms with Crippen LogP contribution in [0.2, 0.25) is 0 Å². The summed E-state index contributed by atoms with van der Waals surface area (Å²) in [6, 6.07) is 7.10. The van der Waals surface area contributed by atoms with E-state index < -0.39 is 10.0 Å². The lowest BCUT2D eigenvalue weighted by atomic mass is 10.2. The fraction of sp³-hybridized carbons (Fsp3) is 0.500.